The van der Waals surface area contributed by atoms with Crippen molar-refractivity contribution in [2.24, 2.45) is 5.92 Å². The fourth-order valence-electron chi connectivity index (χ4n) is 3.65. The van der Waals surface area contributed by atoms with Crippen LogP contribution in [0.25, 0.3) is 0 Å². The predicted molar refractivity (Wildman–Crippen MR) is 79.6 cm³/mol. The first kappa shape index (κ1) is 14.5. The Kier molecular flexibility index (Phi) is 4.53. The quantitative estimate of drug-likeness (QED) is 0.880. The van der Waals surface area contributed by atoms with Gasteiger partial charge in [0.15, 0.2) is 0 Å². The largest absolute Gasteiger partial charge is 0.339 e. The van der Waals surface area contributed by atoms with Crippen molar-refractivity contribution in [3.05, 3.63) is 12.7 Å². The summed E-state index contributed by atoms with van der Waals surface area (Å²) < 4.78 is 1.91. The number of amides is 1. The molecule has 0 unspecified atom stereocenters. The van der Waals surface area contributed by atoms with E-state index in [2.05, 4.69) is 22.3 Å². The molecule has 1 aliphatic heterocycles. The molecule has 21 heavy (non-hydrogen) atoms. The number of nitrogens with one attached hydrogen (secondary N) is 1. The fourth-order valence-corrected chi connectivity index (χ4v) is 3.65. The number of aromatic nitrogens is 3. The Morgan fingerprint density at radius 2 is 2.29 bits per heavy atom. The molecule has 0 spiro atoms. The summed E-state index contributed by atoms with van der Waals surface area (Å²) in [6.07, 6.45) is 9.14. The minimum Gasteiger partial charge on any atom is -0.339 e. The maximum atomic E-state index is 12.2. The number of rotatable bonds is 5. The molecule has 1 aromatic heterocycles. The van der Waals surface area contributed by atoms with Gasteiger partial charge in [0.2, 0.25) is 5.91 Å². The number of hydrogen-bond donors (Lipinski definition) is 1. The van der Waals surface area contributed by atoms with E-state index < -0.39 is 0 Å². The third-order valence-electron chi connectivity index (χ3n) is 4.87. The molecule has 1 aromatic rings. The highest BCUT2D eigenvalue weighted by Gasteiger charge is 2.28. The second kappa shape index (κ2) is 6.56. The third kappa shape index (κ3) is 3.61. The molecule has 3 atom stereocenters. The molecule has 6 nitrogen and oxygen atoms in total. The summed E-state index contributed by atoms with van der Waals surface area (Å²) in [5.74, 6) is 0.907. The lowest BCUT2D eigenvalue weighted by Crippen LogP contribution is -2.42. The third-order valence-corrected chi connectivity index (χ3v) is 4.87. The van der Waals surface area contributed by atoms with Crippen LogP contribution in [0.5, 0.6) is 0 Å². The predicted octanol–water partition coefficient (Wildman–Crippen LogP) is 1.05. The molecule has 1 saturated heterocycles. The van der Waals surface area contributed by atoms with Crippen molar-refractivity contribution in [1.29, 1.82) is 0 Å². The van der Waals surface area contributed by atoms with Crippen molar-refractivity contribution < 1.29 is 4.79 Å². The van der Waals surface area contributed by atoms with E-state index in [1.165, 1.54) is 6.42 Å². The summed E-state index contributed by atoms with van der Waals surface area (Å²) in [5.41, 5.74) is 0. The monoisotopic (exact) mass is 291 g/mol. The number of likely N-dealkylation sites (tertiary alicyclic amines) is 1. The first-order chi connectivity index (χ1) is 10.2. The van der Waals surface area contributed by atoms with Gasteiger partial charge in [0.25, 0.3) is 0 Å². The van der Waals surface area contributed by atoms with Gasteiger partial charge in [-0.25, -0.2) is 4.98 Å². The Labute approximate surface area is 125 Å². The molecule has 3 rings (SSSR count). The number of hydrogen-bond acceptors (Lipinski definition) is 4. The Balaban J connectivity index is 1.39. The van der Waals surface area contributed by atoms with Crippen LogP contribution in [0.2, 0.25) is 0 Å². The average molecular weight is 291 g/mol. The van der Waals surface area contributed by atoms with Crippen LogP contribution < -0.4 is 5.32 Å². The van der Waals surface area contributed by atoms with E-state index in [0.717, 1.165) is 38.8 Å². The smallest absolute Gasteiger partial charge is 0.236 e. The van der Waals surface area contributed by atoms with Crippen LogP contribution in [0.4, 0.5) is 0 Å². The van der Waals surface area contributed by atoms with Gasteiger partial charge in [0, 0.05) is 25.2 Å². The molecule has 0 aromatic carbocycles. The van der Waals surface area contributed by atoms with Gasteiger partial charge in [-0.15, -0.1) is 0 Å². The molecule has 1 aliphatic carbocycles. The highest BCUT2D eigenvalue weighted by molar-refractivity contribution is 5.78. The van der Waals surface area contributed by atoms with Crippen LogP contribution in [0, 0.1) is 5.92 Å². The molecule has 0 radical (unpaired) electrons. The van der Waals surface area contributed by atoms with Gasteiger partial charge >= 0.3 is 0 Å². The van der Waals surface area contributed by atoms with Crippen LogP contribution in [0.1, 0.15) is 39.0 Å². The number of nitrogens with zero attached hydrogens (tertiary/aromatic N) is 4. The van der Waals surface area contributed by atoms with Crippen molar-refractivity contribution in [1.82, 2.24) is 25.0 Å². The molecule has 116 valence electrons. The number of carbonyl (C=O) groups excluding carboxylic acids is 1. The lowest BCUT2D eigenvalue weighted by molar-refractivity contribution is -0.130. The maximum Gasteiger partial charge on any atom is 0.236 e. The first-order valence-electron chi connectivity index (χ1n) is 8.07. The van der Waals surface area contributed by atoms with E-state index in [1.54, 1.807) is 12.7 Å². The van der Waals surface area contributed by atoms with Crippen molar-refractivity contribution in [2.45, 2.75) is 57.7 Å². The highest BCUT2D eigenvalue weighted by atomic mass is 16.2. The van der Waals surface area contributed by atoms with Gasteiger partial charge in [0.05, 0.1) is 6.54 Å². The Morgan fingerprint density at radius 3 is 3.00 bits per heavy atom. The van der Waals surface area contributed by atoms with Gasteiger partial charge < -0.3 is 10.2 Å². The standard InChI is InChI=1S/C15H25N5O/c1-12-3-2-6-20(12)15(21)8-17-14-5-4-13(7-14)9-19-11-16-10-18-19/h10-14,17H,2-9H2,1H3/t12-,13-,14+/m1/s1. The molecule has 1 amide bonds. The molecule has 6 heteroatoms. The molecule has 2 aliphatic rings. The summed E-state index contributed by atoms with van der Waals surface area (Å²) in [4.78, 5) is 18.2. The second-order valence-corrected chi connectivity index (χ2v) is 6.45. The zero-order chi connectivity index (χ0) is 14.7. The van der Waals surface area contributed by atoms with Gasteiger partial charge in [-0.1, -0.05) is 0 Å². The normalized spacial score (nSPS) is 29.2. The first-order valence-corrected chi connectivity index (χ1v) is 8.07. The topological polar surface area (TPSA) is 63.1 Å². The van der Waals surface area contributed by atoms with Gasteiger partial charge in [-0.3, -0.25) is 9.48 Å². The van der Waals surface area contributed by atoms with Crippen molar-refractivity contribution in [3.8, 4) is 0 Å². The summed E-state index contributed by atoms with van der Waals surface area (Å²) in [5, 5.41) is 7.62. The summed E-state index contributed by atoms with van der Waals surface area (Å²) in [6, 6.07) is 0.892. The van der Waals surface area contributed by atoms with E-state index >= 15 is 0 Å². The van der Waals surface area contributed by atoms with E-state index in [-0.39, 0.29) is 5.91 Å². The van der Waals surface area contributed by atoms with Crippen molar-refractivity contribution in [2.75, 3.05) is 13.1 Å². The second-order valence-electron chi connectivity index (χ2n) is 6.45. The molecular formula is C15H25N5O. The minimum absolute atomic E-state index is 0.264. The minimum atomic E-state index is 0.264. The summed E-state index contributed by atoms with van der Waals surface area (Å²) >= 11 is 0. The molecular weight excluding hydrogens is 266 g/mol. The average Bonchev–Trinajstić information content (AvgIpc) is 3.19. The van der Waals surface area contributed by atoms with Crippen LogP contribution in [0.15, 0.2) is 12.7 Å². The van der Waals surface area contributed by atoms with E-state index in [9.17, 15) is 4.79 Å². The van der Waals surface area contributed by atoms with Crippen LogP contribution >= 0.6 is 0 Å². The molecule has 2 heterocycles. The number of carbonyl (C=O) groups is 1. The lowest BCUT2D eigenvalue weighted by atomic mass is 10.1. The van der Waals surface area contributed by atoms with Crippen LogP contribution in [-0.4, -0.2) is 50.7 Å². The maximum absolute atomic E-state index is 12.2. The van der Waals surface area contributed by atoms with Crippen LogP contribution in [0.3, 0.4) is 0 Å². The zero-order valence-corrected chi connectivity index (χ0v) is 12.7. The van der Waals surface area contributed by atoms with Crippen LogP contribution in [-0.2, 0) is 11.3 Å². The molecule has 1 saturated carbocycles. The zero-order valence-electron chi connectivity index (χ0n) is 12.7. The Bertz CT molecular complexity index is 461. The highest BCUT2D eigenvalue weighted by Crippen LogP contribution is 2.26. The van der Waals surface area contributed by atoms with E-state index in [0.29, 0.717) is 24.5 Å². The molecule has 2 fully saturated rings. The van der Waals surface area contributed by atoms with Gasteiger partial charge in [-0.2, -0.15) is 5.10 Å². The Morgan fingerprint density at radius 1 is 1.38 bits per heavy atom. The summed E-state index contributed by atoms with van der Waals surface area (Å²) in [6.45, 7) is 4.51. The van der Waals surface area contributed by atoms with Crippen molar-refractivity contribution >= 4 is 5.91 Å². The van der Waals surface area contributed by atoms with Gasteiger partial charge in [-0.05, 0) is 44.9 Å². The lowest BCUT2D eigenvalue weighted by Gasteiger charge is -2.22. The SMILES string of the molecule is C[C@@H]1CCCN1C(=O)CN[C@H]1CC[C@@H](Cn2cncn2)C1. The van der Waals surface area contributed by atoms with Gasteiger partial charge in [0.1, 0.15) is 12.7 Å². The summed E-state index contributed by atoms with van der Waals surface area (Å²) in [7, 11) is 0. The molecule has 0 bridgehead atoms. The fraction of sp³-hybridized carbons (Fsp3) is 0.800. The van der Waals surface area contributed by atoms with Crippen molar-refractivity contribution in [3.63, 3.8) is 0 Å². The van der Waals surface area contributed by atoms with E-state index in [4.69, 9.17) is 0 Å². The van der Waals surface area contributed by atoms with E-state index in [1.807, 2.05) is 9.58 Å². The Hall–Kier alpha value is -1.43. The molecule has 1 N–H and O–H groups in total.